The standard InChI is InChI=1S/C12H17NOS/c1-9(14)12-7-6-11(8-13-12)15-10-4-2-3-5-10/h6-10,14H,2-5H2,1H3. The lowest BCUT2D eigenvalue weighted by atomic mass is 10.2. The van der Waals surface area contributed by atoms with Gasteiger partial charge >= 0.3 is 0 Å². The summed E-state index contributed by atoms with van der Waals surface area (Å²) >= 11 is 1.93. The van der Waals surface area contributed by atoms with E-state index in [9.17, 15) is 5.11 Å². The van der Waals surface area contributed by atoms with Crippen molar-refractivity contribution in [2.45, 2.75) is 48.9 Å². The van der Waals surface area contributed by atoms with Crippen molar-refractivity contribution in [1.82, 2.24) is 4.98 Å². The Labute approximate surface area is 95.1 Å². The Kier molecular flexibility index (Phi) is 3.65. The van der Waals surface area contributed by atoms with E-state index in [0.717, 1.165) is 10.9 Å². The van der Waals surface area contributed by atoms with Crippen molar-refractivity contribution >= 4 is 11.8 Å². The Morgan fingerprint density at radius 2 is 2.13 bits per heavy atom. The molecule has 1 N–H and O–H groups in total. The van der Waals surface area contributed by atoms with Crippen molar-refractivity contribution in [3.8, 4) is 0 Å². The van der Waals surface area contributed by atoms with Crippen LogP contribution in [0.15, 0.2) is 23.2 Å². The Morgan fingerprint density at radius 1 is 1.40 bits per heavy atom. The number of aromatic nitrogens is 1. The molecule has 0 aromatic carbocycles. The summed E-state index contributed by atoms with van der Waals surface area (Å²) in [5.41, 5.74) is 0.755. The highest BCUT2D eigenvalue weighted by Gasteiger charge is 2.16. The zero-order valence-electron chi connectivity index (χ0n) is 9.02. The first-order valence-corrected chi connectivity index (χ1v) is 6.44. The molecule has 1 atom stereocenters. The van der Waals surface area contributed by atoms with Crippen LogP contribution < -0.4 is 0 Å². The van der Waals surface area contributed by atoms with Crippen LogP contribution in [0, 0.1) is 0 Å². The molecular formula is C12H17NOS. The van der Waals surface area contributed by atoms with Gasteiger partial charge in [0, 0.05) is 16.3 Å². The summed E-state index contributed by atoms with van der Waals surface area (Å²) < 4.78 is 0. The molecule has 82 valence electrons. The van der Waals surface area contributed by atoms with E-state index in [1.807, 2.05) is 24.0 Å². The molecule has 1 unspecified atom stereocenters. The number of pyridine rings is 1. The lowest BCUT2D eigenvalue weighted by Gasteiger charge is -2.09. The first-order valence-electron chi connectivity index (χ1n) is 5.56. The van der Waals surface area contributed by atoms with Crippen molar-refractivity contribution in [2.24, 2.45) is 0 Å². The van der Waals surface area contributed by atoms with Gasteiger partial charge in [-0.15, -0.1) is 11.8 Å². The van der Waals surface area contributed by atoms with Crippen LogP contribution in [0.25, 0.3) is 0 Å². The van der Waals surface area contributed by atoms with Crippen LogP contribution in [-0.2, 0) is 0 Å². The third-order valence-corrected chi connectivity index (χ3v) is 4.11. The molecule has 2 nitrogen and oxygen atoms in total. The number of aliphatic hydroxyl groups excluding tert-OH is 1. The molecule has 1 saturated carbocycles. The molecule has 1 aliphatic carbocycles. The van der Waals surface area contributed by atoms with Gasteiger partial charge in [-0.1, -0.05) is 12.8 Å². The largest absolute Gasteiger partial charge is 0.387 e. The van der Waals surface area contributed by atoms with Gasteiger partial charge in [-0.2, -0.15) is 0 Å². The SMILES string of the molecule is CC(O)c1ccc(SC2CCCC2)cn1. The fourth-order valence-electron chi connectivity index (χ4n) is 1.91. The normalized spacial score (nSPS) is 19.3. The zero-order valence-corrected chi connectivity index (χ0v) is 9.83. The third kappa shape index (κ3) is 2.95. The molecule has 3 heteroatoms. The third-order valence-electron chi connectivity index (χ3n) is 2.79. The van der Waals surface area contributed by atoms with Crippen LogP contribution in [0.3, 0.4) is 0 Å². The minimum Gasteiger partial charge on any atom is -0.387 e. The predicted molar refractivity (Wildman–Crippen MR) is 63.0 cm³/mol. The maximum absolute atomic E-state index is 9.33. The van der Waals surface area contributed by atoms with Gasteiger partial charge in [-0.05, 0) is 31.9 Å². The zero-order chi connectivity index (χ0) is 10.7. The maximum atomic E-state index is 9.33. The van der Waals surface area contributed by atoms with Crippen LogP contribution in [0.1, 0.15) is 44.4 Å². The van der Waals surface area contributed by atoms with Crippen LogP contribution >= 0.6 is 11.8 Å². The molecule has 0 saturated heterocycles. The van der Waals surface area contributed by atoms with Crippen molar-refractivity contribution in [2.75, 3.05) is 0 Å². The predicted octanol–water partition coefficient (Wildman–Crippen LogP) is 3.17. The number of nitrogens with zero attached hydrogens (tertiary/aromatic N) is 1. The number of aliphatic hydroxyl groups is 1. The summed E-state index contributed by atoms with van der Waals surface area (Å²) in [7, 11) is 0. The highest BCUT2D eigenvalue weighted by atomic mass is 32.2. The summed E-state index contributed by atoms with van der Waals surface area (Å²) in [4.78, 5) is 5.48. The lowest BCUT2D eigenvalue weighted by Crippen LogP contribution is -1.96. The molecule has 0 amide bonds. The Hall–Kier alpha value is -0.540. The van der Waals surface area contributed by atoms with Gasteiger partial charge in [0.1, 0.15) is 0 Å². The van der Waals surface area contributed by atoms with Crippen molar-refractivity contribution in [1.29, 1.82) is 0 Å². The van der Waals surface area contributed by atoms with E-state index in [4.69, 9.17) is 0 Å². The number of rotatable bonds is 3. The number of hydrogen-bond acceptors (Lipinski definition) is 3. The second-order valence-corrected chi connectivity index (χ2v) is 5.49. The minimum atomic E-state index is -0.462. The number of hydrogen-bond donors (Lipinski definition) is 1. The summed E-state index contributed by atoms with van der Waals surface area (Å²) in [6.45, 7) is 1.74. The van der Waals surface area contributed by atoms with E-state index in [1.54, 1.807) is 6.92 Å². The Bertz CT molecular complexity index is 304. The molecule has 15 heavy (non-hydrogen) atoms. The van der Waals surface area contributed by atoms with Crippen molar-refractivity contribution in [3.05, 3.63) is 24.0 Å². The van der Waals surface area contributed by atoms with E-state index in [-0.39, 0.29) is 0 Å². The Balaban J connectivity index is 1.97. The summed E-state index contributed by atoms with van der Waals surface area (Å²) in [6.07, 6.45) is 6.83. The second kappa shape index (κ2) is 4.99. The van der Waals surface area contributed by atoms with Crippen LogP contribution in [0.2, 0.25) is 0 Å². The smallest absolute Gasteiger partial charge is 0.0931 e. The van der Waals surface area contributed by atoms with Crippen LogP contribution in [0.4, 0.5) is 0 Å². The molecule has 0 aliphatic heterocycles. The minimum absolute atomic E-state index is 0.462. The molecule has 1 aromatic heterocycles. The fourth-order valence-corrected chi connectivity index (χ4v) is 3.12. The highest BCUT2D eigenvalue weighted by Crippen LogP contribution is 2.34. The quantitative estimate of drug-likeness (QED) is 0.854. The summed E-state index contributed by atoms with van der Waals surface area (Å²) in [5, 5.41) is 10.1. The lowest BCUT2D eigenvalue weighted by molar-refractivity contribution is 0.194. The molecule has 1 heterocycles. The molecule has 1 aliphatic rings. The van der Waals surface area contributed by atoms with Crippen molar-refractivity contribution < 1.29 is 5.11 Å². The van der Waals surface area contributed by atoms with E-state index < -0.39 is 6.10 Å². The average Bonchev–Trinajstić information content (AvgIpc) is 2.71. The first kappa shape index (κ1) is 11.0. The highest BCUT2D eigenvalue weighted by molar-refractivity contribution is 8.00. The van der Waals surface area contributed by atoms with E-state index in [0.29, 0.717) is 0 Å². The second-order valence-electron chi connectivity index (χ2n) is 4.12. The molecule has 2 rings (SSSR count). The van der Waals surface area contributed by atoms with E-state index in [2.05, 4.69) is 11.1 Å². The molecule has 0 bridgehead atoms. The van der Waals surface area contributed by atoms with E-state index in [1.165, 1.54) is 30.6 Å². The van der Waals surface area contributed by atoms with Gasteiger partial charge < -0.3 is 5.11 Å². The van der Waals surface area contributed by atoms with Gasteiger partial charge in [-0.3, -0.25) is 4.98 Å². The van der Waals surface area contributed by atoms with Crippen LogP contribution in [0.5, 0.6) is 0 Å². The van der Waals surface area contributed by atoms with Crippen LogP contribution in [-0.4, -0.2) is 15.3 Å². The monoisotopic (exact) mass is 223 g/mol. The fraction of sp³-hybridized carbons (Fsp3) is 0.583. The molecule has 0 spiro atoms. The average molecular weight is 223 g/mol. The first-order chi connectivity index (χ1) is 7.25. The van der Waals surface area contributed by atoms with Gasteiger partial charge in [0.15, 0.2) is 0 Å². The van der Waals surface area contributed by atoms with Gasteiger partial charge in [0.05, 0.1) is 11.8 Å². The molecular weight excluding hydrogens is 206 g/mol. The topological polar surface area (TPSA) is 33.1 Å². The van der Waals surface area contributed by atoms with Gasteiger partial charge in [0.25, 0.3) is 0 Å². The summed E-state index contributed by atoms with van der Waals surface area (Å²) in [6, 6.07) is 3.99. The van der Waals surface area contributed by atoms with Crippen molar-refractivity contribution in [3.63, 3.8) is 0 Å². The molecule has 1 aromatic rings. The van der Waals surface area contributed by atoms with Gasteiger partial charge in [-0.25, -0.2) is 0 Å². The number of thioether (sulfide) groups is 1. The van der Waals surface area contributed by atoms with E-state index >= 15 is 0 Å². The Morgan fingerprint density at radius 3 is 2.67 bits per heavy atom. The van der Waals surface area contributed by atoms with Gasteiger partial charge in [0.2, 0.25) is 0 Å². The maximum Gasteiger partial charge on any atom is 0.0931 e. The molecule has 0 radical (unpaired) electrons. The summed E-state index contributed by atoms with van der Waals surface area (Å²) in [5.74, 6) is 0. The molecule has 1 fully saturated rings.